The van der Waals surface area contributed by atoms with Crippen LogP contribution in [-0.4, -0.2) is 29.4 Å². The maximum Gasteiger partial charge on any atom is 1.00 e. The first-order valence-corrected chi connectivity index (χ1v) is 13.5. The third kappa shape index (κ3) is 21.9. The zero-order valence-electron chi connectivity index (χ0n) is 19.7. The molecule has 0 saturated heterocycles. The quantitative estimate of drug-likeness (QED) is 0.167. The first-order valence-electron chi connectivity index (χ1n) is 12.0. The summed E-state index contributed by atoms with van der Waals surface area (Å²) in [5.41, 5.74) is 0. The van der Waals surface area contributed by atoms with Gasteiger partial charge in [-0.05, 0) is 25.7 Å². The van der Waals surface area contributed by atoms with E-state index in [4.69, 9.17) is 0 Å². The molecule has 0 bridgehead atoms. The number of unbranched alkanes of at least 4 members (excludes halogenated alkanes) is 12. The topological polar surface area (TPSA) is 77.4 Å². The molecular formula is C23H47NaO4S. The normalized spacial score (nSPS) is 13.8. The zero-order chi connectivity index (χ0) is 21.1. The molecule has 29 heavy (non-hydrogen) atoms. The van der Waals surface area contributed by atoms with Crippen LogP contribution in [0.15, 0.2) is 0 Å². The minimum atomic E-state index is -4.12. The fourth-order valence-electron chi connectivity index (χ4n) is 3.87. The maximum absolute atomic E-state index is 11.2. The Kier molecular flexibility index (Phi) is 24.4. The number of aliphatic hydroxyl groups is 1. The van der Waals surface area contributed by atoms with Gasteiger partial charge >= 0.3 is 29.6 Å². The third-order valence-corrected chi connectivity index (χ3v) is 7.01. The van der Waals surface area contributed by atoms with Crippen LogP contribution in [0.1, 0.15) is 136 Å². The predicted molar refractivity (Wildman–Crippen MR) is 119 cm³/mol. The summed E-state index contributed by atoms with van der Waals surface area (Å²) < 4.78 is 33.5. The fourth-order valence-corrected chi connectivity index (χ4v) is 4.85. The van der Waals surface area contributed by atoms with Crippen molar-refractivity contribution in [2.24, 2.45) is 0 Å². The average molecular weight is 443 g/mol. The second-order valence-electron chi connectivity index (χ2n) is 8.52. The molecule has 4 nitrogen and oxygen atoms in total. The van der Waals surface area contributed by atoms with E-state index in [1.165, 1.54) is 57.8 Å². The van der Waals surface area contributed by atoms with Crippen molar-refractivity contribution < 1.29 is 47.6 Å². The third-order valence-electron chi connectivity index (χ3n) is 5.72. The summed E-state index contributed by atoms with van der Waals surface area (Å²) in [5, 5.41) is 9.35. The van der Waals surface area contributed by atoms with Crippen molar-refractivity contribution in [2.75, 3.05) is 0 Å². The SMILES string of the molecule is CCCCCCCCC(O)CCCCCCCCCCC(CCC)S(=O)(=O)[O-].[Na+]. The maximum atomic E-state index is 11.2. The Bertz CT molecular complexity index is 429. The largest absolute Gasteiger partial charge is 1.00 e. The summed E-state index contributed by atoms with van der Waals surface area (Å²) in [7, 11) is -4.12. The number of rotatable bonds is 21. The van der Waals surface area contributed by atoms with Crippen LogP contribution in [0.2, 0.25) is 0 Å². The average Bonchev–Trinajstić information content (AvgIpc) is 2.64. The standard InChI is InChI=1S/C23H48O4S.Na/c1-3-5-6-7-12-15-19-22(24)20-16-13-10-8-9-11-14-17-21-23(18-4-2)28(25,26)27;/h22-24H,3-21H2,1-2H3,(H,25,26,27);/q;+1/p-1. The van der Waals surface area contributed by atoms with E-state index in [9.17, 15) is 18.1 Å². The van der Waals surface area contributed by atoms with E-state index in [1.54, 1.807) is 0 Å². The Hall–Kier alpha value is 0.870. The molecule has 0 aromatic heterocycles. The molecule has 0 aliphatic carbocycles. The van der Waals surface area contributed by atoms with Gasteiger partial charge in [0.05, 0.1) is 16.2 Å². The second-order valence-corrected chi connectivity index (χ2v) is 10.2. The van der Waals surface area contributed by atoms with Gasteiger partial charge in [-0.25, -0.2) is 8.42 Å². The molecule has 1 N–H and O–H groups in total. The van der Waals surface area contributed by atoms with Gasteiger partial charge in [-0.1, -0.05) is 110 Å². The molecule has 2 atom stereocenters. The van der Waals surface area contributed by atoms with Gasteiger partial charge in [0.2, 0.25) is 0 Å². The van der Waals surface area contributed by atoms with Crippen LogP contribution in [0.25, 0.3) is 0 Å². The molecule has 0 amide bonds. The molecular weight excluding hydrogens is 395 g/mol. The van der Waals surface area contributed by atoms with Crippen LogP contribution < -0.4 is 29.6 Å². The van der Waals surface area contributed by atoms with Crippen LogP contribution in [0.3, 0.4) is 0 Å². The molecule has 6 heteroatoms. The van der Waals surface area contributed by atoms with E-state index >= 15 is 0 Å². The van der Waals surface area contributed by atoms with Crippen molar-refractivity contribution in [2.45, 2.75) is 147 Å². The summed E-state index contributed by atoms with van der Waals surface area (Å²) >= 11 is 0. The van der Waals surface area contributed by atoms with E-state index in [1.807, 2.05) is 6.92 Å². The fraction of sp³-hybridized carbons (Fsp3) is 1.00. The van der Waals surface area contributed by atoms with E-state index in [2.05, 4.69) is 6.92 Å². The molecule has 0 heterocycles. The van der Waals surface area contributed by atoms with Gasteiger partial charge < -0.3 is 9.66 Å². The van der Waals surface area contributed by atoms with Crippen LogP contribution in [-0.2, 0) is 10.1 Å². The molecule has 0 aliphatic heterocycles. The van der Waals surface area contributed by atoms with E-state index < -0.39 is 15.4 Å². The van der Waals surface area contributed by atoms with Crippen LogP contribution in [0, 0.1) is 0 Å². The van der Waals surface area contributed by atoms with Gasteiger partial charge in [0.1, 0.15) is 0 Å². The Labute approximate surface area is 204 Å². The summed E-state index contributed by atoms with van der Waals surface area (Å²) in [6.07, 6.45) is 20.2. The van der Waals surface area contributed by atoms with Gasteiger partial charge in [0.15, 0.2) is 0 Å². The molecule has 0 aromatic rings. The van der Waals surface area contributed by atoms with Gasteiger partial charge in [-0.2, -0.15) is 0 Å². The second kappa shape index (κ2) is 22.1. The predicted octanol–water partition coefficient (Wildman–Crippen LogP) is 3.72. The smallest absolute Gasteiger partial charge is 0.748 e. The van der Waals surface area contributed by atoms with Crippen LogP contribution in [0.4, 0.5) is 0 Å². The van der Waals surface area contributed by atoms with Gasteiger partial charge in [-0.15, -0.1) is 0 Å². The minimum Gasteiger partial charge on any atom is -0.748 e. The number of hydrogen-bond donors (Lipinski definition) is 1. The number of aliphatic hydroxyl groups excluding tert-OH is 1. The van der Waals surface area contributed by atoms with E-state index in [-0.39, 0.29) is 35.7 Å². The number of hydrogen-bond acceptors (Lipinski definition) is 4. The Balaban J connectivity index is 0. The Morgan fingerprint density at radius 1 is 0.621 bits per heavy atom. The molecule has 0 fully saturated rings. The summed E-state index contributed by atoms with van der Waals surface area (Å²) in [6.45, 7) is 4.16. The Morgan fingerprint density at radius 3 is 1.38 bits per heavy atom. The summed E-state index contributed by atoms with van der Waals surface area (Å²) in [4.78, 5) is 0. The van der Waals surface area contributed by atoms with Crippen molar-refractivity contribution in [1.82, 2.24) is 0 Å². The van der Waals surface area contributed by atoms with E-state index in [0.29, 0.717) is 12.8 Å². The Morgan fingerprint density at radius 2 is 1.00 bits per heavy atom. The molecule has 2 unspecified atom stereocenters. The molecule has 0 aromatic carbocycles. The van der Waals surface area contributed by atoms with Gasteiger partial charge in [0.25, 0.3) is 0 Å². The minimum absolute atomic E-state index is 0. The van der Waals surface area contributed by atoms with Crippen molar-refractivity contribution in [3.63, 3.8) is 0 Å². The molecule has 0 spiro atoms. The molecule has 0 radical (unpaired) electrons. The van der Waals surface area contributed by atoms with Crippen LogP contribution >= 0.6 is 0 Å². The zero-order valence-corrected chi connectivity index (χ0v) is 22.5. The molecule has 0 aliphatic rings. The van der Waals surface area contributed by atoms with Crippen molar-refractivity contribution >= 4 is 10.1 Å². The van der Waals surface area contributed by atoms with Crippen LogP contribution in [0.5, 0.6) is 0 Å². The van der Waals surface area contributed by atoms with E-state index in [0.717, 1.165) is 51.4 Å². The molecule has 0 saturated carbocycles. The van der Waals surface area contributed by atoms with Crippen molar-refractivity contribution in [3.8, 4) is 0 Å². The first kappa shape index (κ1) is 32.1. The van der Waals surface area contributed by atoms with Gasteiger partial charge in [-0.3, -0.25) is 0 Å². The molecule has 170 valence electrons. The summed E-state index contributed by atoms with van der Waals surface area (Å²) in [6, 6.07) is 0. The first-order chi connectivity index (χ1) is 13.4. The van der Waals surface area contributed by atoms with Crippen molar-refractivity contribution in [3.05, 3.63) is 0 Å². The van der Waals surface area contributed by atoms with Crippen molar-refractivity contribution in [1.29, 1.82) is 0 Å². The molecule has 0 rings (SSSR count). The monoisotopic (exact) mass is 442 g/mol. The summed E-state index contributed by atoms with van der Waals surface area (Å²) in [5.74, 6) is 0. The van der Waals surface area contributed by atoms with Gasteiger partial charge in [0, 0.05) is 5.25 Å².